The molecule has 3 aliphatic rings. The van der Waals surface area contributed by atoms with Crippen molar-refractivity contribution in [3.63, 3.8) is 0 Å². The minimum absolute atomic E-state index is 0.0286. The van der Waals surface area contributed by atoms with Gasteiger partial charge in [0.15, 0.2) is 0 Å². The first-order valence-electron chi connectivity index (χ1n) is 41.5. The van der Waals surface area contributed by atoms with E-state index in [9.17, 15) is 0 Å². The van der Waals surface area contributed by atoms with Crippen LogP contribution in [-0.2, 0) is 16.2 Å². The molecule has 122 heavy (non-hydrogen) atoms. The molecule has 16 aromatic carbocycles. The van der Waals surface area contributed by atoms with Crippen LogP contribution in [0.25, 0.3) is 112 Å². The molecular formula is C113H87Cl2N7. The van der Waals surface area contributed by atoms with Crippen molar-refractivity contribution in [3.05, 3.63) is 456 Å². The van der Waals surface area contributed by atoms with Gasteiger partial charge in [0, 0.05) is 94.0 Å². The first-order chi connectivity index (χ1) is 59.5. The Labute approximate surface area is 724 Å². The molecule has 21 rings (SSSR count). The van der Waals surface area contributed by atoms with Crippen LogP contribution in [0.4, 0.5) is 45.5 Å². The molecule has 0 radical (unpaired) electrons. The van der Waals surface area contributed by atoms with Gasteiger partial charge in [-0.25, -0.2) is 19.9 Å². The zero-order chi connectivity index (χ0) is 83.1. The predicted octanol–water partition coefficient (Wildman–Crippen LogP) is 31.2. The van der Waals surface area contributed by atoms with E-state index in [1.165, 1.54) is 100 Å². The number of fused-ring (bicyclic) bond motifs is 9. The largest absolute Gasteiger partial charge is 0.356 e. The second-order valence-electron chi connectivity index (χ2n) is 33.0. The van der Waals surface area contributed by atoms with E-state index < -0.39 is 0 Å². The number of nitrogens with zero attached hydrogens (tertiary/aromatic N) is 6. The van der Waals surface area contributed by atoms with Crippen LogP contribution in [0.15, 0.2) is 413 Å². The minimum Gasteiger partial charge on any atom is -0.356 e. The summed E-state index contributed by atoms with van der Waals surface area (Å²) in [6, 6.07) is 142. The van der Waals surface area contributed by atoms with E-state index >= 15 is 0 Å². The molecule has 1 N–H and O–H groups in total. The Kier molecular flexibility index (Phi) is 20.8. The standard InChI is InChI=1S/C70H54N4.C27H23N.C16H10Cl2N2/c1-69(2)63-21-13-11-19-59(63)61-41-39-57(43-65(61)69)73(53-31-23-49(24-32-53)47-15-7-5-8-16-47)55-35-27-51(28-36-55)67-45-68(72-46-71-67)52-29-37-56(38-30-52)74(54-33-25-50(26-34-54)48-17-9-6-10-18-48)58-40-42-62-60-20-12-14-22-64(60)70(3,4)66(62)44-58;1-27(2)25-11-7-6-10-23(25)24-17-16-22(18-26(24)27)28-21-14-12-20(13-15-21)19-8-4-3-5-9-19;17-13-5-1-11(2-6-13)15-9-16(20-10-19-15)12-3-7-14(18)8-4-12/h5-46H,1-4H3;3-18,28H,1-2H3;1-10H. The van der Waals surface area contributed by atoms with Crippen LogP contribution < -0.4 is 15.1 Å². The van der Waals surface area contributed by atoms with Gasteiger partial charge in [-0.15, -0.1) is 0 Å². The van der Waals surface area contributed by atoms with Crippen LogP contribution in [0.1, 0.15) is 74.9 Å². The third-order valence-corrected chi connectivity index (χ3v) is 24.9. The highest BCUT2D eigenvalue weighted by Gasteiger charge is 2.39. The first-order valence-corrected chi connectivity index (χ1v) is 42.2. The fourth-order valence-corrected chi connectivity index (χ4v) is 18.2. The van der Waals surface area contributed by atoms with E-state index in [0.717, 1.165) is 90.5 Å². The molecule has 9 heteroatoms. The normalized spacial score (nSPS) is 13.0. The Morgan fingerprint density at radius 2 is 0.443 bits per heavy atom. The summed E-state index contributed by atoms with van der Waals surface area (Å²) >= 11 is 11.8. The number of rotatable bonds is 15. The van der Waals surface area contributed by atoms with Gasteiger partial charge in [0.2, 0.25) is 0 Å². The second kappa shape index (κ2) is 32.8. The summed E-state index contributed by atoms with van der Waals surface area (Å²) in [4.78, 5) is 23.0. The summed E-state index contributed by atoms with van der Waals surface area (Å²) < 4.78 is 0. The number of halogens is 2. The Bertz CT molecular complexity index is 6520. The van der Waals surface area contributed by atoms with Crippen molar-refractivity contribution in [2.75, 3.05) is 15.1 Å². The molecule has 3 aliphatic carbocycles. The van der Waals surface area contributed by atoms with Crippen LogP contribution in [0.5, 0.6) is 0 Å². The maximum atomic E-state index is 5.90. The van der Waals surface area contributed by atoms with Crippen LogP contribution in [-0.4, -0.2) is 19.9 Å². The Morgan fingerprint density at radius 3 is 0.770 bits per heavy atom. The first kappa shape index (κ1) is 77.6. The molecule has 2 heterocycles. The lowest BCUT2D eigenvalue weighted by Crippen LogP contribution is -2.16. The summed E-state index contributed by atoms with van der Waals surface area (Å²) in [5, 5.41) is 4.99. The monoisotopic (exact) mass is 1610 g/mol. The topological polar surface area (TPSA) is 70.1 Å². The van der Waals surface area contributed by atoms with Crippen molar-refractivity contribution >= 4 is 68.7 Å². The molecule has 0 bridgehead atoms. The van der Waals surface area contributed by atoms with E-state index in [1.807, 2.05) is 60.7 Å². The highest BCUT2D eigenvalue weighted by atomic mass is 35.5. The zero-order valence-corrected chi connectivity index (χ0v) is 70.2. The van der Waals surface area contributed by atoms with Crippen molar-refractivity contribution in [2.45, 2.75) is 57.8 Å². The van der Waals surface area contributed by atoms with Crippen molar-refractivity contribution < 1.29 is 0 Å². The van der Waals surface area contributed by atoms with Gasteiger partial charge in [-0.3, -0.25) is 0 Å². The van der Waals surface area contributed by atoms with E-state index in [4.69, 9.17) is 33.2 Å². The lowest BCUT2D eigenvalue weighted by atomic mass is 9.82. The van der Waals surface area contributed by atoms with E-state index in [1.54, 1.807) is 12.7 Å². The molecule has 0 fully saturated rings. The van der Waals surface area contributed by atoms with E-state index in [0.29, 0.717) is 10.0 Å². The van der Waals surface area contributed by atoms with E-state index in [-0.39, 0.29) is 16.2 Å². The molecular weight excluding hydrogens is 1530 g/mol. The lowest BCUT2D eigenvalue weighted by molar-refractivity contribution is 0.660. The predicted molar refractivity (Wildman–Crippen MR) is 510 cm³/mol. The van der Waals surface area contributed by atoms with Gasteiger partial charge in [0.1, 0.15) is 12.7 Å². The number of hydrogen-bond donors (Lipinski definition) is 1. The van der Waals surface area contributed by atoms with Crippen LogP contribution in [0, 0.1) is 0 Å². The van der Waals surface area contributed by atoms with Crippen LogP contribution in [0.3, 0.4) is 0 Å². The van der Waals surface area contributed by atoms with Crippen molar-refractivity contribution in [3.8, 4) is 112 Å². The zero-order valence-electron chi connectivity index (χ0n) is 68.7. The van der Waals surface area contributed by atoms with Gasteiger partial charge in [-0.1, -0.05) is 332 Å². The summed E-state index contributed by atoms with van der Waals surface area (Å²) in [7, 11) is 0. The Hall–Kier alpha value is -14.3. The smallest absolute Gasteiger partial charge is 0.116 e. The Morgan fingerprint density at radius 1 is 0.205 bits per heavy atom. The molecule has 0 aliphatic heterocycles. The average molecular weight is 1610 g/mol. The molecule has 18 aromatic rings. The minimum atomic E-state index is -0.124. The fourth-order valence-electron chi connectivity index (χ4n) is 17.9. The quantitative estimate of drug-likeness (QED) is 0.110. The number of benzene rings is 16. The summed E-state index contributed by atoms with van der Waals surface area (Å²) in [6.45, 7) is 14.0. The second-order valence-corrected chi connectivity index (χ2v) is 33.9. The summed E-state index contributed by atoms with van der Waals surface area (Å²) in [5.74, 6) is 0. The molecule has 0 spiro atoms. The van der Waals surface area contributed by atoms with Gasteiger partial charge in [-0.2, -0.15) is 0 Å². The van der Waals surface area contributed by atoms with Gasteiger partial charge in [0.25, 0.3) is 0 Å². The lowest BCUT2D eigenvalue weighted by Gasteiger charge is -2.28. The molecule has 0 atom stereocenters. The third-order valence-electron chi connectivity index (χ3n) is 24.4. The summed E-state index contributed by atoms with van der Waals surface area (Å²) in [5.41, 5.74) is 39.5. The van der Waals surface area contributed by atoms with Gasteiger partial charge < -0.3 is 15.1 Å². The highest BCUT2D eigenvalue weighted by Crippen LogP contribution is 2.54. The molecule has 588 valence electrons. The Balaban J connectivity index is 0.000000164. The molecule has 0 amide bonds. The van der Waals surface area contributed by atoms with Gasteiger partial charge in [0.05, 0.1) is 22.8 Å². The van der Waals surface area contributed by atoms with Crippen LogP contribution >= 0.6 is 23.2 Å². The van der Waals surface area contributed by atoms with Crippen molar-refractivity contribution in [1.82, 2.24) is 19.9 Å². The SMILES string of the molecule is CC1(C)c2ccccc2-c2ccc(N(c3ccc(-c4ccccc4)cc3)c3ccc(-c4cc(-c5ccc(N(c6ccc(-c7ccccc7)cc6)c6ccc7c(c6)C(C)(C)c6ccccc6-7)cc5)ncn4)cc3)cc21.CC1(C)c2ccccc2-c2ccc(Nc3ccc(-c4ccccc4)cc3)cc21.Clc1ccc(-c2cc(-c3ccc(Cl)cc3)ncn2)cc1. The van der Waals surface area contributed by atoms with E-state index in [2.05, 4.69) is 406 Å². The third kappa shape index (κ3) is 15.2. The molecule has 0 saturated carbocycles. The molecule has 2 aromatic heterocycles. The van der Waals surface area contributed by atoms with Gasteiger partial charge >= 0.3 is 0 Å². The number of aromatic nitrogens is 4. The number of anilines is 8. The average Bonchev–Trinajstić information content (AvgIpc) is 1.59. The summed E-state index contributed by atoms with van der Waals surface area (Å²) in [6.07, 6.45) is 3.25. The fraction of sp³-hybridized carbons (Fsp3) is 0.0796. The maximum absolute atomic E-state index is 5.90. The van der Waals surface area contributed by atoms with Crippen molar-refractivity contribution in [1.29, 1.82) is 0 Å². The molecule has 0 unspecified atom stereocenters. The maximum Gasteiger partial charge on any atom is 0.116 e. The van der Waals surface area contributed by atoms with Crippen LogP contribution in [0.2, 0.25) is 10.0 Å². The molecule has 7 nitrogen and oxygen atoms in total. The number of hydrogen-bond acceptors (Lipinski definition) is 7. The van der Waals surface area contributed by atoms with Crippen molar-refractivity contribution in [2.24, 2.45) is 0 Å². The highest BCUT2D eigenvalue weighted by molar-refractivity contribution is 6.31. The van der Waals surface area contributed by atoms with Gasteiger partial charge in [-0.05, 0) is 234 Å². The number of nitrogens with one attached hydrogen (secondary N) is 1. The molecule has 0 saturated heterocycles.